The topological polar surface area (TPSA) is 12.0 Å². The Balaban J connectivity index is 1.92. The van der Waals surface area contributed by atoms with E-state index in [4.69, 9.17) is 23.2 Å². The van der Waals surface area contributed by atoms with Crippen molar-refractivity contribution in [3.63, 3.8) is 0 Å². The van der Waals surface area contributed by atoms with Gasteiger partial charge in [0.2, 0.25) is 0 Å². The van der Waals surface area contributed by atoms with Gasteiger partial charge in [-0.3, -0.25) is 0 Å². The molecular weight excluding hydrogens is 308 g/mol. The van der Waals surface area contributed by atoms with Crippen LogP contribution in [0.15, 0.2) is 36.4 Å². The summed E-state index contributed by atoms with van der Waals surface area (Å²) in [7, 11) is 0. The summed E-state index contributed by atoms with van der Waals surface area (Å²) in [5, 5.41) is 4.57. The zero-order chi connectivity index (χ0) is 15.4. The lowest BCUT2D eigenvalue weighted by Gasteiger charge is -2.15. The molecule has 0 saturated heterocycles. The summed E-state index contributed by atoms with van der Waals surface area (Å²) in [6, 6.07) is 10.8. The van der Waals surface area contributed by atoms with E-state index in [0.29, 0.717) is 10.0 Å². The van der Waals surface area contributed by atoms with Gasteiger partial charge in [0.15, 0.2) is 0 Å². The third kappa shape index (κ3) is 4.44. The first-order valence-electron chi connectivity index (χ1n) is 6.90. The van der Waals surface area contributed by atoms with Gasteiger partial charge in [-0.25, -0.2) is 4.39 Å². The van der Waals surface area contributed by atoms with E-state index >= 15 is 0 Å². The molecule has 0 heterocycles. The van der Waals surface area contributed by atoms with Crippen molar-refractivity contribution in [2.45, 2.75) is 26.3 Å². The van der Waals surface area contributed by atoms with Crippen molar-refractivity contribution >= 4 is 23.2 Å². The first-order valence-corrected chi connectivity index (χ1v) is 7.66. The van der Waals surface area contributed by atoms with Crippen LogP contribution in [0.3, 0.4) is 0 Å². The first-order chi connectivity index (χ1) is 9.97. The van der Waals surface area contributed by atoms with Crippen molar-refractivity contribution in [1.29, 1.82) is 0 Å². The highest BCUT2D eigenvalue weighted by molar-refractivity contribution is 6.42. The normalized spacial score (nSPS) is 12.4. The average Bonchev–Trinajstić information content (AvgIpc) is 2.44. The molecule has 1 N–H and O–H groups in total. The number of hydrogen-bond donors (Lipinski definition) is 1. The van der Waals surface area contributed by atoms with Gasteiger partial charge in [-0.2, -0.15) is 0 Å². The SMILES string of the molecule is Cc1cc(F)ccc1CCNC(C)c1ccc(Cl)c(Cl)c1. The fourth-order valence-electron chi connectivity index (χ4n) is 2.26. The molecule has 0 aliphatic rings. The predicted octanol–water partition coefficient (Wildman–Crippen LogP) is 5.33. The van der Waals surface area contributed by atoms with Crippen LogP contribution < -0.4 is 5.32 Å². The molecule has 1 atom stereocenters. The molecule has 1 unspecified atom stereocenters. The van der Waals surface area contributed by atoms with Gasteiger partial charge in [0.05, 0.1) is 10.0 Å². The highest BCUT2D eigenvalue weighted by Gasteiger charge is 2.07. The summed E-state index contributed by atoms with van der Waals surface area (Å²) in [4.78, 5) is 0. The molecule has 2 aromatic carbocycles. The van der Waals surface area contributed by atoms with E-state index in [-0.39, 0.29) is 11.9 Å². The van der Waals surface area contributed by atoms with E-state index in [1.165, 1.54) is 6.07 Å². The highest BCUT2D eigenvalue weighted by atomic mass is 35.5. The number of aryl methyl sites for hydroxylation is 1. The molecule has 112 valence electrons. The second-order valence-corrected chi connectivity index (χ2v) is 5.98. The number of halogens is 3. The molecule has 0 bridgehead atoms. The zero-order valence-corrected chi connectivity index (χ0v) is 13.6. The average molecular weight is 326 g/mol. The molecule has 2 aromatic rings. The molecule has 0 radical (unpaired) electrons. The molecule has 0 amide bonds. The van der Waals surface area contributed by atoms with E-state index in [0.717, 1.165) is 29.7 Å². The van der Waals surface area contributed by atoms with E-state index in [9.17, 15) is 4.39 Å². The predicted molar refractivity (Wildman–Crippen MR) is 87.7 cm³/mol. The molecule has 0 aromatic heterocycles. The van der Waals surface area contributed by atoms with Crippen molar-refractivity contribution in [2.24, 2.45) is 0 Å². The molecule has 0 spiro atoms. The van der Waals surface area contributed by atoms with E-state index in [1.54, 1.807) is 6.07 Å². The Bertz CT molecular complexity index is 628. The van der Waals surface area contributed by atoms with Gasteiger partial charge in [-0.05, 0) is 67.8 Å². The molecule has 2 rings (SSSR count). The molecule has 0 aliphatic heterocycles. The lowest BCUT2D eigenvalue weighted by atomic mass is 10.0. The third-order valence-corrected chi connectivity index (χ3v) is 4.33. The van der Waals surface area contributed by atoms with Gasteiger partial charge < -0.3 is 5.32 Å². The van der Waals surface area contributed by atoms with Crippen molar-refractivity contribution in [2.75, 3.05) is 6.54 Å². The van der Waals surface area contributed by atoms with E-state index in [1.807, 2.05) is 31.2 Å². The van der Waals surface area contributed by atoms with Gasteiger partial charge in [-0.1, -0.05) is 35.3 Å². The number of benzene rings is 2. The largest absolute Gasteiger partial charge is 0.310 e. The molecule has 21 heavy (non-hydrogen) atoms. The van der Waals surface area contributed by atoms with Gasteiger partial charge in [0.25, 0.3) is 0 Å². The summed E-state index contributed by atoms with van der Waals surface area (Å²) in [6.07, 6.45) is 0.859. The number of rotatable bonds is 5. The third-order valence-electron chi connectivity index (χ3n) is 3.59. The maximum Gasteiger partial charge on any atom is 0.123 e. The van der Waals surface area contributed by atoms with Gasteiger partial charge in [0.1, 0.15) is 5.82 Å². The van der Waals surface area contributed by atoms with Crippen LogP contribution in [-0.4, -0.2) is 6.54 Å². The smallest absolute Gasteiger partial charge is 0.123 e. The monoisotopic (exact) mass is 325 g/mol. The van der Waals surface area contributed by atoms with Gasteiger partial charge in [-0.15, -0.1) is 0 Å². The lowest BCUT2D eigenvalue weighted by molar-refractivity contribution is 0.575. The second-order valence-electron chi connectivity index (χ2n) is 5.17. The fraction of sp³-hybridized carbons (Fsp3) is 0.294. The maximum atomic E-state index is 13.1. The maximum absolute atomic E-state index is 13.1. The number of nitrogens with one attached hydrogen (secondary N) is 1. The Morgan fingerprint density at radius 2 is 1.86 bits per heavy atom. The quantitative estimate of drug-likeness (QED) is 0.782. The van der Waals surface area contributed by atoms with Crippen molar-refractivity contribution in [1.82, 2.24) is 5.32 Å². The minimum atomic E-state index is -0.187. The van der Waals surface area contributed by atoms with Crippen LogP contribution >= 0.6 is 23.2 Å². The standard InChI is InChI=1S/C17H18Cl2FN/c1-11-9-15(20)5-3-13(11)7-8-21-12(2)14-4-6-16(18)17(19)10-14/h3-6,9-10,12,21H,7-8H2,1-2H3. The van der Waals surface area contributed by atoms with Crippen LogP contribution in [0.2, 0.25) is 10.0 Å². The number of hydrogen-bond acceptors (Lipinski definition) is 1. The van der Waals surface area contributed by atoms with E-state index < -0.39 is 0 Å². The second kappa shape index (κ2) is 7.26. The van der Waals surface area contributed by atoms with Gasteiger partial charge >= 0.3 is 0 Å². The Labute approximate surface area is 135 Å². The molecular formula is C17H18Cl2FN. The Morgan fingerprint density at radius 1 is 1.10 bits per heavy atom. The van der Waals surface area contributed by atoms with Crippen molar-refractivity contribution in [3.8, 4) is 0 Å². The van der Waals surface area contributed by atoms with Crippen molar-refractivity contribution in [3.05, 3.63) is 69.0 Å². The molecule has 0 saturated carbocycles. The van der Waals surface area contributed by atoms with Crippen LogP contribution in [0.5, 0.6) is 0 Å². The highest BCUT2D eigenvalue weighted by Crippen LogP contribution is 2.25. The Hall–Kier alpha value is -1.09. The Kier molecular flexibility index (Phi) is 5.63. The summed E-state index contributed by atoms with van der Waals surface area (Å²) in [6.45, 7) is 4.83. The van der Waals surface area contributed by atoms with Gasteiger partial charge in [0, 0.05) is 6.04 Å². The van der Waals surface area contributed by atoms with Crippen LogP contribution in [0, 0.1) is 12.7 Å². The van der Waals surface area contributed by atoms with Crippen LogP contribution in [0.25, 0.3) is 0 Å². The summed E-state index contributed by atoms with van der Waals surface area (Å²) in [5.74, 6) is -0.187. The molecule has 0 fully saturated rings. The molecule has 0 aliphatic carbocycles. The zero-order valence-electron chi connectivity index (χ0n) is 12.1. The van der Waals surface area contributed by atoms with E-state index in [2.05, 4.69) is 12.2 Å². The lowest BCUT2D eigenvalue weighted by Crippen LogP contribution is -2.21. The molecule has 1 nitrogen and oxygen atoms in total. The summed E-state index contributed by atoms with van der Waals surface area (Å²) in [5.41, 5.74) is 3.24. The summed E-state index contributed by atoms with van der Waals surface area (Å²) >= 11 is 11.9. The van der Waals surface area contributed by atoms with Crippen LogP contribution in [0.1, 0.15) is 29.7 Å². The minimum Gasteiger partial charge on any atom is -0.310 e. The molecule has 4 heteroatoms. The first kappa shape index (κ1) is 16.3. The van der Waals surface area contributed by atoms with Crippen molar-refractivity contribution < 1.29 is 4.39 Å². The minimum absolute atomic E-state index is 0.181. The van der Waals surface area contributed by atoms with Crippen LogP contribution in [0.4, 0.5) is 4.39 Å². The summed E-state index contributed by atoms with van der Waals surface area (Å²) < 4.78 is 13.1. The fourth-order valence-corrected chi connectivity index (χ4v) is 2.57. The van der Waals surface area contributed by atoms with Crippen LogP contribution in [-0.2, 0) is 6.42 Å². The Morgan fingerprint density at radius 3 is 2.52 bits per heavy atom.